The number of hydrogen-bond acceptors (Lipinski definition) is 3. The molecule has 1 aromatic heterocycles. The van der Waals surface area contributed by atoms with Gasteiger partial charge in [-0.05, 0) is 25.0 Å². The molecular weight excluding hydrogens is 280 g/mol. The summed E-state index contributed by atoms with van der Waals surface area (Å²) in [6.45, 7) is 0. The van der Waals surface area contributed by atoms with E-state index < -0.39 is 6.10 Å². The molecule has 0 saturated heterocycles. The Bertz CT molecular complexity index is 560. The van der Waals surface area contributed by atoms with E-state index in [1.807, 2.05) is 30.0 Å². The lowest BCUT2D eigenvalue weighted by molar-refractivity contribution is 0.176. The summed E-state index contributed by atoms with van der Waals surface area (Å²) in [4.78, 5) is 0. The number of aliphatic hydroxyl groups excluding tert-OH is 1. The highest BCUT2D eigenvalue weighted by Crippen LogP contribution is 2.34. The van der Waals surface area contributed by atoms with E-state index in [1.54, 1.807) is 6.07 Å². The van der Waals surface area contributed by atoms with Gasteiger partial charge >= 0.3 is 0 Å². The fourth-order valence-corrected chi connectivity index (χ4v) is 4.08. The predicted molar refractivity (Wildman–Crippen MR) is 80.9 cm³/mol. The molecule has 1 atom stereocenters. The van der Waals surface area contributed by atoms with Gasteiger partial charge in [-0.3, -0.25) is 0 Å². The molecule has 0 radical (unpaired) electrons. The molecule has 1 aliphatic rings. The van der Waals surface area contributed by atoms with Crippen LogP contribution in [0.2, 0.25) is 5.02 Å². The first-order valence-corrected chi connectivity index (χ1v) is 8.14. The minimum atomic E-state index is -0.547. The number of benzene rings is 1. The smallest absolute Gasteiger partial charge is 0.152 e. The van der Waals surface area contributed by atoms with E-state index in [0.29, 0.717) is 27.4 Å². The highest BCUT2D eigenvalue weighted by atomic mass is 35.5. The minimum Gasteiger partial charge on any atom is -0.457 e. The zero-order chi connectivity index (χ0) is 13.2. The van der Waals surface area contributed by atoms with Crippen molar-refractivity contribution >= 4 is 34.3 Å². The summed E-state index contributed by atoms with van der Waals surface area (Å²) in [6, 6.07) is 7.53. The van der Waals surface area contributed by atoms with E-state index in [9.17, 15) is 5.11 Å². The molecule has 1 aliphatic carbocycles. The molecule has 0 aliphatic heterocycles. The summed E-state index contributed by atoms with van der Waals surface area (Å²) in [6.07, 6.45) is 4.67. The molecular formula is C15H17ClO2S. The van der Waals surface area contributed by atoms with Gasteiger partial charge in [-0.15, -0.1) is 0 Å². The number of halogens is 1. The Kier molecular flexibility index (Phi) is 4.06. The second-order valence-corrected chi connectivity index (χ2v) is 6.80. The molecule has 102 valence electrons. The monoisotopic (exact) mass is 296 g/mol. The average molecular weight is 297 g/mol. The van der Waals surface area contributed by atoms with E-state index >= 15 is 0 Å². The number of aliphatic hydroxyl groups is 1. The molecule has 1 unspecified atom stereocenters. The highest BCUT2D eigenvalue weighted by molar-refractivity contribution is 7.99. The lowest BCUT2D eigenvalue weighted by Crippen LogP contribution is -2.03. The zero-order valence-electron chi connectivity index (χ0n) is 10.6. The summed E-state index contributed by atoms with van der Waals surface area (Å²) >= 11 is 7.93. The fourth-order valence-electron chi connectivity index (χ4n) is 2.58. The molecule has 3 rings (SSSR count). The number of para-hydroxylation sites is 1. The summed E-state index contributed by atoms with van der Waals surface area (Å²) in [5.41, 5.74) is 0.670. The van der Waals surface area contributed by atoms with Crippen LogP contribution in [-0.4, -0.2) is 16.1 Å². The molecule has 19 heavy (non-hydrogen) atoms. The van der Waals surface area contributed by atoms with Crippen molar-refractivity contribution in [3.8, 4) is 0 Å². The number of fused-ring (bicyclic) bond motifs is 1. The van der Waals surface area contributed by atoms with Crippen LogP contribution in [0.3, 0.4) is 0 Å². The Morgan fingerprint density at radius 3 is 2.89 bits per heavy atom. The van der Waals surface area contributed by atoms with E-state index in [4.69, 9.17) is 16.0 Å². The van der Waals surface area contributed by atoms with Crippen LogP contribution in [0.15, 0.2) is 28.7 Å². The maximum absolute atomic E-state index is 10.2. The van der Waals surface area contributed by atoms with Gasteiger partial charge in [0, 0.05) is 16.4 Å². The lowest BCUT2D eigenvalue weighted by atomic mass is 10.2. The molecule has 0 amide bonds. The van der Waals surface area contributed by atoms with Crippen molar-refractivity contribution in [2.75, 3.05) is 5.75 Å². The summed E-state index contributed by atoms with van der Waals surface area (Å²) in [5, 5.41) is 12.5. The van der Waals surface area contributed by atoms with Crippen LogP contribution in [-0.2, 0) is 0 Å². The molecule has 2 aromatic rings. The Balaban J connectivity index is 1.70. The van der Waals surface area contributed by atoms with Crippen molar-refractivity contribution in [1.82, 2.24) is 0 Å². The Hall–Kier alpha value is -0.640. The second kappa shape index (κ2) is 5.78. The Morgan fingerprint density at radius 1 is 1.37 bits per heavy atom. The van der Waals surface area contributed by atoms with Crippen LogP contribution >= 0.6 is 23.4 Å². The topological polar surface area (TPSA) is 33.4 Å². The van der Waals surface area contributed by atoms with Crippen molar-refractivity contribution < 1.29 is 9.52 Å². The van der Waals surface area contributed by atoms with Gasteiger partial charge in [-0.2, -0.15) is 11.8 Å². The third kappa shape index (κ3) is 2.93. The van der Waals surface area contributed by atoms with Crippen LogP contribution < -0.4 is 0 Å². The van der Waals surface area contributed by atoms with Gasteiger partial charge in [0.1, 0.15) is 11.9 Å². The van der Waals surface area contributed by atoms with Gasteiger partial charge in [0.05, 0.1) is 5.02 Å². The van der Waals surface area contributed by atoms with Gasteiger partial charge in [0.15, 0.2) is 5.58 Å². The summed E-state index contributed by atoms with van der Waals surface area (Å²) in [7, 11) is 0. The number of hydrogen-bond donors (Lipinski definition) is 1. The summed E-state index contributed by atoms with van der Waals surface area (Å²) in [5.74, 6) is 1.32. The standard InChI is InChI=1S/C15H17ClO2S/c16-12-7-3-4-10-8-14(18-15(10)12)13(17)9-19-11-5-1-2-6-11/h3-4,7-8,11,13,17H,1-2,5-6,9H2. The van der Waals surface area contributed by atoms with Gasteiger partial charge in [0.25, 0.3) is 0 Å². The SMILES string of the molecule is OC(CSC1CCCC1)c1cc2cccc(Cl)c2o1. The van der Waals surface area contributed by atoms with Gasteiger partial charge in [-0.25, -0.2) is 0 Å². The molecule has 0 bridgehead atoms. The molecule has 1 aromatic carbocycles. The van der Waals surface area contributed by atoms with E-state index in [2.05, 4.69) is 0 Å². The first-order valence-electron chi connectivity index (χ1n) is 6.71. The third-order valence-corrected chi connectivity index (χ3v) is 5.38. The van der Waals surface area contributed by atoms with Crippen molar-refractivity contribution in [1.29, 1.82) is 0 Å². The van der Waals surface area contributed by atoms with Crippen LogP contribution in [0.1, 0.15) is 37.5 Å². The first-order chi connectivity index (χ1) is 9.24. The van der Waals surface area contributed by atoms with Crippen molar-refractivity contribution in [2.45, 2.75) is 37.0 Å². The van der Waals surface area contributed by atoms with E-state index in [-0.39, 0.29) is 0 Å². The molecule has 1 heterocycles. The number of rotatable bonds is 4. The minimum absolute atomic E-state index is 0.547. The highest BCUT2D eigenvalue weighted by Gasteiger charge is 2.20. The van der Waals surface area contributed by atoms with Crippen molar-refractivity contribution in [3.05, 3.63) is 35.0 Å². The first kappa shape index (κ1) is 13.3. The molecule has 1 N–H and O–H groups in total. The van der Waals surface area contributed by atoms with Crippen molar-refractivity contribution in [2.24, 2.45) is 0 Å². The molecule has 4 heteroatoms. The molecule has 1 fully saturated rings. The number of thioether (sulfide) groups is 1. The molecule has 0 spiro atoms. The maximum Gasteiger partial charge on any atom is 0.152 e. The second-order valence-electron chi connectivity index (χ2n) is 5.06. The maximum atomic E-state index is 10.2. The van der Waals surface area contributed by atoms with Crippen LogP contribution in [0.5, 0.6) is 0 Å². The van der Waals surface area contributed by atoms with Gasteiger partial charge in [-0.1, -0.05) is 36.6 Å². The Labute approximate surface area is 122 Å². The molecule has 1 saturated carbocycles. The van der Waals surface area contributed by atoms with Gasteiger partial charge < -0.3 is 9.52 Å². The van der Waals surface area contributed by atoms with Gasteiger partial charge in [0.2, 0.25) is 0 Å². The average Bonchev–Trinajstić information content (AvgIpc) is 3.05. The van der Waals surface area contributed by atoms with Crippen LogP contribution in [0, 0.1) is 0 Å². The summed E-state index contributed by atoms with van der Waals surface area (Å²) < 4.78 is 5.68. The number of furan rings is 1. The normalized spacial score (nSPS) is 18.2. The third-order valence-electron chi connectivity index (χ3n) is 3.64. The van der Waals surface area contributed by atoms with Crippen LogP contribution in [0.25, 0.3) is 11.0 Å². The Morgan fingerprint density at radius 2 is 2.16 bits per heavy atom. The van der Waals surface area contributed by atoms with Crippen LogP contribution in [0.4, 0.5) is 0 Å². The van der Waals surface area contributed by atoms with Crippen molar-refractivity contribution in [3.63, 3.8) is 0 Å². The quantitative estimate of drug-likeness (QED) is 0.880. The van der Waals surface area contributed by atoms with E-state index in [1.165, 1.54) is 25.7 Å². The predicted octanol–water partition coefficient (Wildman–Crippen LogP) is 4.80. The fraction of sp³-hybridized carbons (Fsp3) is 0.467. The van der Waals surface area contributed by atoms with E-state index in [0.717, 1.165) is 5.39 Å². The molecule has 2 nitrogen and oxygen atoms in total. The zero-order valence-corrected chi connectivity index (χ0v) is 12.2. The lowest BCUT2D eigenvalue weighted by Gasteiger charge is -2.11. The largest absolute Gasteiger partial charge is 0.457 e.